The maximum absolute atomic E-state index is 11.1. The number of hydrogen-bond acceptors (Lipinski definition) is 3. The van der Waals surface area contributed by atoms with Crippen molar-refractivity contribution in [2.24, 2.45) is 5.92 Å². The Kier molecular flexibility index (Phi) is 3.34. The number of nitrogens with zero attached hydrogens (tertiary/aromatic N) is 1. The van der Waals surface area contributed by atoms with E-state index in [9.17, 15) is 10.1 Å². The lowest BCUT2D eigenvalue weighted by Gasteiger charge is -2.37. The normalized spacial score (nSPS) is 24.7. The molecule has 0 fully saturated rings. The lowest BCUT2D eigenvalue weighted by Crippen LogP contribution is -2.29. The molecule has 4 nitrogen and oxygen atoms in total. The average molecular weight is 327 g/mol. The standard InChI is InChI=1S/C18H15ClN2O2/c19-16-9-8-11(21(22)23)10-15(16)18-14-6-3-5-12(14)13-4-1-2-7-17(13)20-18/h1-5,7-10,12,14,18,20H,6H2/t12-,14-,18+/m1/s1. The molecule has 0 amide bonds. The predicted octanol–water partition coefficient (Wildman–Crippen LogP) is 5.07. The van der Waals surface area contributed by atoms with Gasteiger partial charge in [-0.05, 0) is 30.0 Å². The Balaban J connectivity index is 1.81. The van der Waals surface area contributed by atoms with Crippen LogP contribution in [0, 0.1) is 16.0 Å². The Morgan fingerprint density at radius 1 is 1.17 bits per heavy atom. The summed E-state index contributed by atoms with van der Waals surface area (Å²) < 4.78 is 0. The highest BCUT2D eigenvalue weighted by Gasteiger charge is 2.38. The zero-order chi connectivity index (χ0) is 16.0. The summed E-state index contributed by atoms with van der Waals surface area (Å²) in [5.74, 6) is 0.650. The number of benzene rings is 2. The van der Waals surface area contributed by atoms with Crippen LogP contribution in [0.5, 0.6) is 0 Å². The van der Waals surface area contributed by atoms with Crippen molar-refractivity contribution >= 4 is 23.0 Å². The molecule has 0 spiro atoms. The van der Waals surface area contributed by atoms with Crippen LogP contribution >= 0.6 is 11.6 Å². The second-order valence-electron chi connectivity index (χ2n) is 6.03. The van der Waals surface area contributed by atoms with Gasteiger partial charge in [-0.3, -0.25) is 10.1 Å². The van der Waals surface area contributed by atoms with Crippen molar-refractivity contribution in [2.45, 2.75) is 18.4 Å². The molecule has 116 valence electrons. The van der Waals surface area contributed by atoms with Crippen molar-refractivity contribution in [3.05, 3.63) is 80.9 Å². The number of non-ortho nitro benzene ring substituents is 1. The number of fused-ring (bicyclic) bond motifs is 3. The van der Waals surface area contributed by atoms with E-state index in [0.717, 1.165) is 17.7 Å². The minimum absolute atomic E-state index is 0.0303. The number of nitro groups is 1. The molecule has 0 unspecified atom stereocenters. The van der Waals surface area contributed by atoms with Crippen LogP contribution in [0.15, 0.2) is 54.6 Å². The summed E-state index contributed by atoms with van der Waals surface area (Å²) in [5.41, 5.74) is 3.23. The third kappa shape index (κ3) is 2.30. The quantitative estimate of drug-likeness (QED) is 0.476. The van der Waals surface area contributed by atoms with Gasteiger partial charge < -0.3 is 5.32 Å². The Morgan fingerprint density at radius 2 is 2.00 bits per heavy atom. The lowest BCUT2D eigenvalue weighted by atomic mass is 9.77. The second kappa shape index (κ2) is 5.39. The van der Waals surface area contributed by atoms with Gasteiger partial charge >= 0.3 is 0 Å². The number of allylic oxidation sites excluding steroid dienone is 2. The van der Waals surface area contributed by atoms with Crippen LogP contribution in [-0.2, 0) is 0 Å². The summed E-state index contributed by atoms with van der Waals surface area (Å²) >= 11 is 6.37. The van der Waals surface area contributed by atoms with Gasteiger partial charge in [-0.15, -0.1) is 0 Å². The SMILES string of the molecule is O=[N+]([O-])c1ccc(Cl)c([C@H]2Nc3ccccc3[C@H]3C=CC[C@H]32)c1. The molecular weight excluding hydrogens is 312 g/mol. The molecule has 3 atom stereocenters. The van der Waals surface area contributed by atoms with Gasteiger partial charge in [0, 0.05) is 34.3 Å². The summed E-state index contributed by atoms with van der Waals surface area (Å²) in [6.07, 6.45) is 5.37. The van der Waals surface area contributed by atoms with Crippen LogP contribution in [0.2, 0.25) is 5.02 Å². The first-order valence-electron chi connectivity index (χ1n) is 7.61. The molecule has 5 heteroatoms. The van der Waals surface area contributed by atoms with Crippen molar-refractivity contribution in [1.82, 2.24) is 0 Å². The van der Waals surface area contributed by atoms with Gasteiger partial charge in [-0.2, -0.15) is 0 Å². The van der Waals surface area contributed by atoms with Gasteiger partial charge in [0.2, 0.25) is 0 Å². The summed E-state index contributed by atoms with van der Waals surface area (Å²) in [5, 5.41) is 15.2. The van der Waals surface area contributed by atoms with Crippen LogP contribution in [0.3, 0.4) is 0 Å². The van der Waals surface area contributed by atoms with Crippen LogP contribution in [0.25, 0.3) is 0 Å². The maximum atomic E-state index is 11.1. The molecule has 4 rings (SSSR count). The van der Waals surface area contributed by atoms with Crippen molar-refractivity contribution in [3.8, 4) is 0 Å². The van der Waals surface area contributed by atoms with E-state index in [4.69, 9.17) is 11.6 Å². The monoisotopic (exact) mass is 326 g/mol. The number of halogens is 1. The molecule has 0 saturated carbocycles. The first kappa shape index (κ1) is 14.3. The average Bonchev–Trinajstić information content (AvgIpc) is 3.04. The van der Waals surface area contributed by atoms with Gasteiger partial charge in [0.15, 0.2) is 0 Å². The van der Waals surface area contributed by atoms with Gasteiger partial charge in [0.1, 0.15) is 0 Å². The Bertz CT molecular complexity index is 818. The molecule has 0 radical (unpaired) electrons. The van der Waals surface area contributed by atoms with E-state index in [1.54, 1.807) is 12.1 Å². The van der Waals surface area contributed by atoms with Crippen molar-refractivity contribution < 1.29 is 4.92 Å². The van der Waals surface area contributed by atoms with E-state index < -0.39 is 0 Å². The second-order valence-corrected chi connectivity index (χ2v) is 6.43. The number of rotatable bonds is 2. The highest BCUT2D eigenvalue weighted by molar-refractivity contribution is 6.31. The molecule has 0 aromatic heterocycles. The Morgan fingerprint density at radius 3 is 2.83 bits per heavy atom. The third-order valence-corrected chi connectivity index (χ3v) is 5.14. The first-order chi connectivity index (χ1) is 11.1. The first-order valence-corrected chi connectivity index (χ1v) is 7.99. The van der Waals surface area contributed by atoms with E-state index in [0.29, 0.717) is 16.9 Å². The van der Waals surface area contributed by atoms with Crippen molar-refractivity contribution in [3.63, 3.8) is 0 Å². The zero-order valence-corrected chi connectivity index (χ0v) is 13.0. The number of nitrogens with one attached hydrogen (secondary N) is 1. The highest BCUT2D eigenvalue weighted by Crippen LogP contribution is 2.50. The van der Waals surface area contributed by atoms with Crippen LogP contribution in [0.4, 0.5) is 11.4 Å². The van der Waals surface area contributed by atoms with E-state index in [2.05, 4.69) is 29.6 Å². The van der Waals surface area contributed by atoms with Crippen LogP contribution in [-0.4, -0.2) is 4.92 Å². The molecule has 2 aromatic carbocycles. The molecule has 1 heterocycles. The Labute approximate surface area is 138 Å². The fourth-order valence-corrected chi connectivity index (χ4v) is 3.97. The van der Waals surface area contributed by atoms with Crippen LogP contribution in [0.1, 0.15) is 29.5 Å². The fraction of sp³-hybridized carbons (Fsp3) is 0.222. The largest absolute Gasteiger partial charge is 0.378 e. The number of hydrogen-bond donors (Lipinski definition) is 1. The number of anilines is 1. The van der Waals surface area contributed by atoms with E-state index in [-0.39, 0.29) is 16.7 Å². The molecule has 0 bridgehead atoms. The van der Waals surface area contributed by atoms with Crippen LogP contribution < -0.4 is 5.32 Å². The highest BCUT2D eigenvalue weighted by atomic mass is 35.5. The molecule has 2 aliphatic rings. The lowest BCUT2D eigenvalue weighted by molar-refractivity contribution is -0.384. The molecular formula is C18H15ClN2O2. The number of nitro benzene ring substituents is 1. The van der Waals surface area contributed by atoms with Crippen molar-refractivity contribution in [2.75, 3.05) is 5.32 Å². The molecule has 0 saturated heterocycles. The van der Waals surface area contributed by atoms with Gasteiger partial charge in [0.05, 0.1) is 11.0 Å². The van der Waals surface area contributed by atoms with E-state index in [1.165, 1.54) is 11.6 Å². The predicted molar refractivity (Wildman–Crippen MR) is 90.9 cm³/mol. The molecule has 1 N–H and O–H groups in total. The molecule has 23 heavy (non-hydrogen) atoms. The molecule has 1 aliphatic carbocycles. The number of para-hydroxylation sites is 1. The van der Waals surface area contributed by atoms with Gasteiger partial charge in [0.25, 0.3) is 5.69 Å². The summed E-state index contributed by atoms with van der Waals surface area (Å²) in [4.78, 5) is 10.7. The van der Waals surface area contributed by atoms with Crippen molar-refractivity contribution in [1.29, 1.82) is 0 Å². The Hall–Kier alpha value is -2.33. The zero-order valence-electron chi connectivity index (χ0n) is 12.3. The topological polar surface area (TPSA) is 55.2 Å². The summed E-state index contributed by atoms with van der Waals surface area (Å²) in [7, 11) is 0. The molecule has 1 aliphatic heterocycles. The third-order valence-electron chi connectivity index (χ3n) is 4.80. The summed E-state index contributed by atoms with van der Waals surface area (Å²) in [6.45, 7) is 0. The van der Waals surface area contributed by atoms with Gasteiger partial charge in [-0.1, -0.05) is 42.0 Å². The van der Waals surface area contributed by atoms with E-state index >= 15 is 0 Å². The smallest absolute Gasteiger partial charge is 0.269 e. The minimum Gasteiger partial charge on any atom is -0.378 e. The van der Waals surface area contributed by atoms with Gasteiger partial charge in [-0.25, -0.2) is 0 Å². The maximum Gasteiger partial charge on any atom is 0.269 e. The fourth-order valence-electron chi connectivity index (χ4n) is 3.73. The molecule has 2 aromatic rings. The minimum atomic E-state index is -0.374. The summed E-state index contributed by atoms with van der Waals surface area (Å²) in [6, 6.07) is 12.9. The van der Waals surface area contributed by atoms with E-state index in [1.807, 2.05) is 12.1 Å².